The Labute approximate surface area is 139 Å². The van der Waals surface area contributed by atoms with Gasteiger partial charge in [0.05, 0.1) is 5.56 Å². The Bertz CT molecular complexity index is 606. The third kappa shape index (κ3) is 2.88. The fraction of sp³-hybridized carbons (Fsp3) is 0.625. The van der Waals surface area contributed by atoms with Crippen LogP contribution in [0.5, 0.6) is 0 Å². The largest absolute Gasteiger partial charge is 0.365 e. The van der Waals surface area contributed by atoms with E-state index in [1.807, 2.05) is 0 Å². The zero-order chi connectivity index (χ0) is 15.7. The van der Waals surface area contributed by atoms with Crippen LogP contribution < -0.4 is 11.1 Å². The molecule has 2 amide bonds. The zero-order valence-electron chi connectivity index (χ0n) is 12.5. The van der Waals surface area contributed by atoms with Gasteiger partial charge < -0.3 is 11.1 Å². The molecule has 2 aliphatic carbocycles. The molecule has 3 N–H and O–H groups in total. The standard InChI is InChI=1S/C16H21ClN2O2S/c17-9-12(20)19-15-13(14(18)21)10-4-7-16(8-11(10)22-15)5-2-1-3-6-16/h1-9H2,(H2,18,21)(H,19,20). The number of hydrogen-bond acceptors (Lipinski definition) is 3. The summed E-state index contributed by atoms with van der Waals surface area (Å²) in [4.78, 5) is 24.6. The molecular formula is C16H21ClN2O2S. The molecule has 0 unspecified atom stereocenters. The molecule has 0 aliphatic heterocycles. The van der Waals surface area contributed by atoms with Crippen molar-refractivity contribution in [2.24, 2.45) is 11.1 Å². The molecule has 0 saturated heterocycles. The monoisotopic (exact) mass is 340 g/mol. The Balaban J connectivity index is 1.93. The van der Waals surface area contributed by atoms with Crippen LogP contribution >= 0.6 is 22.9 Å². The molecule has 1 spiro atoms. The van der Waals surface area contributed by atoms with Crippen LogP contribution in [0.2, 0.25) is 0 Å². The number of alkyl halides is 1. The molecule has 22 heavy (non-hydrogen) atoms. The molecular weight excluding hydrogens is 320 g/mol. The van der Waals surface area contributed by atoms with Gasteiger partial charge in [-0.2, -0.15) is 0 Å². The van der Waals surface area contributed by atoms with Crippen LogP contribution in [0, 0.1) is 5.41 Å². The highest BCUT2D eigenvalue weighted by Gasteiger charge is 2.38. The second-order valence-corrected chi connectivity index (χ2v) is 7.86. The van der Waals surface area contributed by atoms with Gasteiger partial charge in [-0.1, -0.05) is 19.3 Å². The van der Waals surface area contributed by atoms with E-state index in [0.717, 1.165) is 24.8 Å². The number of amides is 2. The lowest BCUT2D eigenvalue weighted by atomic mass is 9.65. The molecule has 3 rings (SSSR count). The SMILES string of the molecule is NC(=O)c1c(NC(=O)CCl)sc2c1CCC1(CCCCC1)C2. The highest BCUT2D eigenvalue weighted by atomic mass is 35.5. The molecule has 1 fully saturated rings. The Morgan fingerprint density at radius 1 is 1.23 bits per heavy atom. The molecule has 1 aromatic heterocycles. The van der Waals surface area contributed by atoms with Crippen molar-refractivity contribution in [3.63, 3.8) is 0 Å². The van der Waals surface area contributed by atoms with Crippen LogP contribution in [-0.4, -0.2) is 17.7 Å². The normalized spacial score (nSPS) is 19.7. The number of nitrogens with two attached hydrogens (primary N) is 1. The van der Waals surface area contributed by atoms with E-state index in [-0.39, 0.29) is 11.8 Å². The first-order valence-electron chi connectivity index (χ1n) is 7.85. The summed E-state index contributed by atoms with van der Waals surface area (Å²) in [6.07, 6.45) is 9.53. The molecule has 1 saturated carbocycles. The maximum absolute atomic E-state index is 11.8. The lowest BCUT2D eigenvalue weighted by molar-refractivity contribution is -0.113. The lowest BCUT2D eigenvalue weighted by Gasteiger charge is -2.40. The summed E-state index contributed by atoms with van der Waals surface area (Å²) in [6.45, 7) is 0. The zero-order valence-corrected chi connectivity index (χ0v) is 14.1. The number of rotatable bonds is 3. The summed E-state index contributed by atoms with van der Waals surface area (Å²) in [6, 6.07) is 0. The molecule has 0 bridgehead atoms. The third-order valence-corrected chi connectivity index (χ3v) is 6.46. The molecule has 0 aromatic carbocycles. The van der Waals surface area contributed by atoms with Crippen LogP contribution in [0.15, 0.2) is 0 Å². The number of hydrogen-bond donors (Lipinski definition) is 2. The summed E-state index contributed by atoms with van der Waals surface area (Å²) in [5.41, 5.74) is 7.51. The van der Waals surface area contributed by atoms with Gasteiger partial charge in [-0.15, -0.1) is 22.9 Å². The second-order valence-electron chi connectivity index (χ2n) is 6.49. The number of thiophene rings is 1. The summed E-state index contributed by atoms with van der Waals surface area (Å²) in [5, 5.41) is 3.32. The average Bonchev–Trinajstić information content (AvgIpc) is 2.84. The van der Waals surface area contributed by atoms with Gasteiger partial charge in [0.25, 0.3) is 5.91 Å². The highest BCUT2D eigenvalue weighted by Crippen LogP contribution is 2.50. The van der Waals surface area contributed by atoms with E-state index >= 15 is 0 Å². The van der Waals surface area contributed by atoms with Gasteiger partial charge in [0.2, 0.25) is 5.91 Å². The number of nitrogens with one attached hydrogen (secondary N) is 1. The molecule has 0 radical (unpaired) electrons. The van der Waals surface area contributed by atoms with Gasteiger partial charge in [-0.25, -0.2) is 0 Å². The fourth-order valence-corrected chi connectivity index (χ4v) is 5.49. The Hall–Kier alpha value is -1.07. The number of primary amides is 1. The lowest BCUT2D eigenvalue weighted by Crippen LogP contribution is -2.31. The van der Waals surface area contributed by atoms with Crippen LogP contribution in [0.3, 0.4) is 0 Å². The van der Waals surface area contributed by atoms with E-state index in [1.165, 1.54) is 48.3 Å². The van der Waals surface area contributed by atoms with Gasteiger partial charge in [0, 0.05) is 4.88 Å². The Morgan fingerprint density at radius 3 is 2.59 bits per heavy atom. The van der Waals surface area contributed by atoms with Crippen LogP contribution in [0.1, 0.15) is 59.3 Å². The van der Waals surface area contributed by atoms with E-state index in [0.29, 0.717) is 16.0 Å². The smallest absolute Gasteiger partial charge is 0.251 e. The van der Waals surface area contributed by atoms with Gasteiger partial charge >= 0.3 is 0 Å². The van der Waals surface area contributed by atoms with Crippen molar-refractivity contribution in [2.75, 3.05) is 11.2 Å². The van der Waals surface area contributed by atoms with Crippen molar-refractivity contribution in [3.05, 3.63) is 16.0 Å². The minimum Gasteiger partial charge on any atom is -0.365 e. The van der Waals surface area contributed by atoms with Crippen LogP contribution in [0.25, 0.3) is 0 Å². The Kier molecular flexibility index (Phi) is 4.46. The van der Waals surface area contributed by atoms with Crippen molar-refractivity contribution >= 4 is 39.8 Å². The second kappa shape index (κ2) is 6.20. The molecule has 4 nitrogen and oxygen atoms in total. The molecule has 120 valence electrons. The Morgan fingerprint density at radius 2 is 1.95 bits per heavy atom. The quantitative estimate of drug-likeness (QED) is 0.827. The predicted octanol–water partition coefficient (Wildman–Crippen LogP) is 3.46. The highest BCUT2D eigenvalue weighted by molar-refractivity contribution is 7.17. The number of fused-ring (bicyclic) bond motifs is 1. The third-order valence-electron chi connectivity index (χ3n) is 5.07. The fourth-order valence-electron chi connectivity index (χ4n) is 3.98. The first-order chi connectivity index (χ1) is 10.5. The predicted molar refractivity (Wildman–Crippen MR) is 89.7 cm³/mol. The molecule has 1 aromatic rings. The molecule has 1 heterocycles. The molecule has 6 heteroatoms. The number of anilines is 1. The van der Waals surface area contributed by atoms with E-state index in [1.54, 1.807) is 0 Å². The summed E-state index contributed by atoms with van der Waals surface area (Å²) >= 11 is 7.06. The van der Waals surface area contributed by atoms with Gasteiger partial charge in [0.15, 0.2) is 0 Å². The average molecular weight is 341 g/mol. The maximum atomic E-state index is 11.8. The summed E-state index contributed by atoms with van der Waals surface area (Å²) in [5.74, 6) is -0.873. The van der Waals surface area contributed by atoms with Gasteiger partial charge in [0.1, 0.15) is 10.9 Å². The topological polar surface area (TPSA) is 72.2 Å². The van der Waals surface area contributed by atoms with E-state index in [4.69, 9.17) is 17.3 Å². The van der Waals surface area contributed by atoms with E-state index < -0.39 is 5.91 Å². The first kappa shape index (κ1) is 15.8. The number of halogens is 1. The van der Waals surface area contributed by atoms with E-state index in [9.17, 15) is 9.59 Å². The van der Waals surface area contributed by atoms with Gasteiger partial charge in [-0.05, 0) is 43.1 Å². The first-order valence-corrected chi connectivity index (χ1v) is 9.20. The number of carbonyl (C=O) groups excluding carboxylic acids is 2. The van der Waals surface area contributed by atoms with Crippen molar-refractivity contribution < 1.29 is 9.59 Å². The van der Waals surface area contributed by atoms with Crippen LogP contribution in [0.4, 0.5) is 5.00 Å². The minimum atomic E-state index is -0.457. The van der Waals surface area contributed by atoms with Crippen LogP contribution in [-0.2, 0) is 17.6 Å². The summed E-state index contributed by atoms with van der Waals surface area (Å²) in [7, 11) is 0. The molecule has 2 aliphatic rings. The van der Waals surface area contributed by atoms with E-state index in [2.05, 4.69) is 5.32 Å². The van der Waals surface area contributed by atoms with Crippen molar-refractivity contribution in [2.45, 2.75) is 51.4 Å². The minimum absolute atomic E-state index is 0.120. The van der Waals surface area contributed by atoms with Gasteiger partial charge in [-0.3, -0.25) is 9.59 Å². The maximum Gasteiger partial charge on any atom is 0.251 e. The van der Waals surface area contributed by atoms with Crippen molar-refractivity contribution in [1.82, 2.24) is 0 Å². The number of carbonyl (C=O) groups is 2. The molecule has 0 atom stereocenters. The van der Waals surface area contributed by atoms with Crippen molar-refractivity contribution in [1.29, 1.82) is 0 Å². The summed E-state index contributed by atoms with van der Waals surface area (Å²) < 4.78 is 0. The van der Waals surface area contributed by atoms with Crippen molar-refractivity contribution in [3.8, 4) is 0 Å².